The van der Waals surface area contributed by atoms with E-state index in [4.69, 9.17) is 4.74 Å². The van der Waals surface area contributed by atoms with E-state index in [1.54, 1.807) is 0 Å². The van der Waals surface area contributed by atoms with Gasteiger partial charge in [-0.3, -0.25) is 0 Å². The number of nitrogens with one attached hydrogen (secondary N) is 1. The summed E-state index contributed by atoms with van der Waals surface area (Å²) in [5.41, 5.74) is 0.382. The van der Waals surface area contributed by atoms with Gasteiger partial charge in [-0.1, -0.05) is 40.5 Å². The molecule has 1 aliphatic carbocycles. The van der Waals surface area contributed by atoms with Crippen LogP contribution in [0.1, 0.15) is 66.2 Å². The maximum atomic E-state index is 6.18. The molecule has 108 valence electrons. The van der Waals surface area contributed by atoms with E-state index < -0.39 is 0 Å². The van der Waals surface area contributed by atoms with Gasteiger partial charge >= 0.3 is 0 Å². The van der Waals surface area contributed by atoms with Crippen LogP contribution in [0, 0.1) is 11.3 Å². The smallest absolute Gasteiger partial charge is 0.0730 e. The Morgan fingerprint density at radius 1 is 1.22 bits per heavy atom. The van der Waals surface area contributed by atoms with Crippen LogP contribution in [0.5, 0.6) is 0 Å². The van der Waals surface area contributed by atoms with Crippen molar-refractivity contribution < 1.29 is 4.74 Å². The van der Waals surface area contributed by atoms with E-state index in [-0.39, 0.29) is 0 Å². The first-order valence-electron chi connectivity index (χ1n) is 7.75. The Morgan fingerprint density at radius 2 is 1.94 bits per heavy atom. The second-order valence-corrected chi connectivity index (χ2v) is 7.08. The summed E-state index contributed by atoms with van der Waals surface area (Å²) in [6.07, 6.45) is 8.17. The number of likely N-dealkylation sites (N-methyl/N-ethyl adjacent to an activating group) is 1. The monoisotopic (exact) mass is 255 g/mol. The fourth-order valence-corrected chi connectivity index (χ4v) is 2.91. The Balaban J connectivity index is 2.37. The van der Waals surface area contributed by atoms with Crippen LogP contribution in [-0.4, -0.2) is 25.8 Å². The van der Waals surface area contributed by atoms with Crippen LogP contribution in [0.4, 0.5) is 0 Å². The standard InChI is InChI=1S/C16H33NO/c1-6-7-13-8-9-14(17-5)15(12-13)18-11-10-16(2,3)4/h13-15,17H,6-12H2,1-5H3. The average molecular weight is 255 g/mol. The molecule has 2 nitrogen and oxygen atoms in total. The third-order valence-electron chi connectivity index (χ3n) is 4.15. The maximum absolute atomic E-state index is 6.18. The number of rotatable bonds is 6. The third-order valence-corrected chi connectivity index (χ3v) is 4.15. The van der Waals surface area contributed by atoms with Gasteiger partial charge in [0, 0.05) is 12.6 Å². The Kier molecular flexibility index (Phi) is 6.65. The van der Waals surface area contributed by atoms with Crippen molar-refractivity contribution in [1.29, 1.82) is 0 Å². The summed E-state index contributed by atoms with van der Waals surface area (Å²) in [4.78, 5) is 0. The molecule has 0 aromatic carbocycles. The molecule has 0 saturated heterocycles. The highest BCUT2D eigenvalue weighted by Crippen LogP contribution is 2.30. The quantitative estimate of drug-likeness (QED) is 0.774. The van der Waals surface area contributed by atoms with Gasteiger partial charge in [0.25, 0.3) is 0 Å². The molecule has 1 fully saturated rings. The summed E-state index contributed by atoms with van der Waals surface area (Å²) in [6.45, 7) is 10.1. The first-order chi connectivity index (χ1) is 8.46. The Labute approximate surface area is 114 Å². The molecule has 2 heteroatoms. The predicted octanol–water partition coefficient (Wildman–Crippen LogP) is 4.00. The van der Waals surface area contributed by atoms with Crippen molar-refractivity contribution in [1.82, 2.24) is 5.32 Å². The van der Waals surface area contributed by atoms with Crippen LogP contribution >= 0.6 is 0 Å². The minimum atomic E-state index is 0.382. The second kappa shape index (κ2) is 7.49. The average Bonchev–Trinajstić information content (AvgIpc) is 2.28. The fraction of sp³-hybridized carbons (Fsp3) is 1.00. The number of hydrogen-bond donors (Lipinski definition) is 1. The van der Waals surface area contributed by atoms with Gasteiger partial charge < -0.3 is 10.1 Å². The fourth-order valence-electron chi connectivity index (χ4n) is 2.91. The van der Waals surface area contributed by atoms with Gasteiger partial charge in [-0.25, -0.2) is 0 Å². The van der Waals surface area contributed by atoms with Crippen molar-refractivity contribution in [3.8, 4) is 0 Å². The van der Waals surface area contributed by atoms with E-state index in [1.165, 1.54) is 32.1 Å². The molecular formula is C16H33NO. The Morgan fingerprint density at radius 3 is 2.50 bits per heavy atom. The first-order valence-corrected chi connectivity index (χ1v) is 7.75. The molecule has 18 heavy (non-hydrogen) atoms. The van der Waals surface area contributed by atoms with Crippen LogP contribution in [0.3, 0.4) is 0 Å². The van der Waals surface area contributed by atoms with Gasteiger partial charge in [0.2, 0.25) is 0 Å². The van der Waals surface area contributed by atoms with Gasteiger partial charge in [-0.2, -0.15) is 0 Å². The lowest BCUT2D eigenvalue weighted by Gasteiger charge is -2.36. The molecule has 3 unspecified atom stereocenters. The summed E-state index contributed by atoms with van der Waals surface area (Å²) < 4.78 is 6.18. The third kappa shape index (κ3) is 5.71. The molecule has 1 rings (SSSR count). The van der Waals surface area contributed by atoms with Crippen LogP contribution in [0.15, 0.2) is 0 Å². The Bertz CT molecular complexity index is 222. The molecule has 0 aliphatic heterocycles. The highest BCUT2D eigenvalue weighted by molar-refractivity contribution is 4.85. The van der Waals surface area contributed by atoms with E-state index in [1.807, 2.05) is 0 Å². The minimum absolute atomic E-state index is 0.382. The summed E-state index contributed by atoms with van der Waals surface area (Å²) >= 11 is 0. The van der Waals surface area contributed by atoms with Gasteiger partial charge in [-0.05, 0) is 44.1 Å². The lowest BCUT2D eigenvalue weighted by Crippen LogP contribution is -2.44. The highest BCUT2D eigenvalue weighted by Gasteiger charge is 2.29. The maximum Gasteiger partial charge on any atom is 0.0730 e. The molecule has 0 spiro atoms. The van der Waals surface area contributed by atoms with Gasteiger partial charge in [-0.15, -0.1) is 0 Å². The Hall–Kier alpha value is -0.0800. The van der Waals surface area contributed by atoms with Gasteiger partial charge in [0.05, 0.1) is 6.10 Å². The normalized spacial score (nSPS) is 29.5. The van der Waals surface area contributed by atoms with Crippen LogP contribution in [0.25, 0.3) is 0 Å². The lowest BCUT2D eigenvalue weighted by atomic mass is 9.81. The number of hydrogen-bond acceptors (Lipinski definition) is 2. The zero-order chi connectivity index (χ0) is 13.6. The molecule has 0 aromatic rings. The molecule has 0 heterocycles. The molecular weight excluding hydrogens is 222 g/mol. The van der Waals surface area contributed by atoms with E-state index in [2.05, 4.69) is 40.1 Å². The lowest BCUT2D eigenvalue weighted by molar-refractivity contribution is -0.0182. The molecule has 1 aliphatic rings. The van der Waals surface area contributed by atoms with E-state index in [0.29, 0.717) is 17.6 Å². The van der Waals surface area contributed by atoms with Crippen molar-refractivity contribution in [3.63, 3.8) is 0 Å². The van der Waals surface area contributed by atoms with E-state index >= 15 is 0 Å². The molecule has 0 amide bonds. The van der Waals surface area contributed by atoms with Crippen LogP contribution < -0.4 is 5.32 Å². The topological polar surface area (TPSA) is 21.3 Å². The van der Waals surface area contributed by atoms with Gasteiger partial charge in [0.1, 0.15) is 0 Å². The molecule has 1 N–H and O–H groups in total. The zero-order valence-corrected chi connectivity index (χ0v) is 13.1. The van der Waals surface area contributed by atoms with E-state index in [9.17, 15) is 0 Å². The van der Waals surface area contributed by atoms with E-state index in [0.717, 1.165) is 18.9 Å². The number of ether oxygens (including phenoxy) is 1. The van der Waals surface area contributed by atoms with Crippen molar-refractivity contribution in [2.24, 2.45) is 11.3 Å². The van der Waals surface area contributed by atoms with Crippen LogP contribution in [0.2, 0.25) is 0 Å². The van der Waals surface area contributed by atoms with Crippen molar-refractivity contribution in [3.05, 3.63) is 0 Å². The molecule has 0 bridgehead atoms. The van der Waals surface area contributed by atoms with Crippen molar-refractivity contribution >= 4 is 0 Å². The molecule has 3 atom stereocenters. The molecule has 0 aromatic heterocycles. The van der Waals surface area contributed by atoms with Gasteiger partial charge in [0.15, 0.2) is 0 Å². The molecule has 1 saturated carbocycles. The minimum Gasteiger partial charge on any atom is -0.377 e. The summed E-state index contributed by atoms with van der Waals surface area (Å²) in [7, 11) is 2.07. The molecule has 0 radical (unpaired) electrons. The first kappa shape index (κ1) is 16.0. The van der Waals surface area contributed by atoms with Crippen molar-refractivity contribution in [2.75, 3.05) is 13.7 Å². The highest BCUT2D eigenvalue weighted by atomic mass is 16.5. The van der Waals surface area contributed by atoms with Crippen molar-refractivity contribution in [2.45, 2.75) is 78.4 Å². The summed E-state index contributed by atoms with van der Waals surface area (Å²) in [5.74, 6) is 0.888. The zero-order valence-electron chi connectivity index (χ0n) is 13.1. The predicted molar refractivity (Wildman–Crippen MR) is 78.9 cm³/mol. The SMILES string of the molecule is CCCC1CCC(NC)C(OCCC(C)(C)C)C1. The second-order valence-electron chi connectivity index (χ2n) is 7.08. The summed E-state index contributed by atoms with van der Waals surface area (Å²) in [5, 5.41) is 3.44. The summed E-state index contributed by atoms with van der Waals surface area (Å²) in [6, 6.07) is 0.568. The van der Waals surface area contributed by atoms with Crippen LogP contribution in [-0.2, 0) is 4.74 Å². The largest absolute Gasteiger partial charge is 0.377 e.